The number of carbonyl (C=O) groups is 1. The Morgan fingerprint density at radius 2 is 1.87 bits per heavy atom. The minimum Gasteiger partial charge on any atom is -0.481 e. The number of halogens is 2. The first-order valence-corrected chi connectivity index (χ1v) is 11.4. The van der Waals surface area contributed by atoms with Gasteiger partial charge in [0.1, 0.15) is 0 Å². The highest BCUT2D eigenvalue weighted by molar-refractivity contribution is 7.16. The first-order chi connectivity index (χ1) is 14.3. The third-order valence-electron chi connectivity index (χ3n) is 4.56. The second kappa shape index (κ2) is 10.3. The topological polar surface area (TPSA) is 53.4 Å². The van der Waals surface area contributed by atoms with Gasteiger partial charge < -0.3 is 10.0 Å². The number of carboxylic acid groups (broad SMARTS) is 1. The number of thiazole rings is 1. The van der Waals surface area contributed by atoms with Crippen LogP contribution in [-0.2, 0) is 17.8 Å². The summed E-state index contributed by atoms with van der Waals surface area (Å²) in [4.78, 5) is 19.4. The first kappa shape index (κ1) is 22.6. The Hall–Kier alpha value is -2.08. The van der Waals surface area contributed by atoms with E-state index in [9.17, 15) is 9.90 Å². The Kier molecular flexibility index (Phi) is 7.75. The van der Waals surface area contributed by atoms with Crippen LogP contribution in [0.5, 0.6) is 0 Å². The molecule has 158 valence electrons. The van der Waals surface area contributed by atoms with E-state index in [0.717, 1.165) is 33.3 Å². The highest BCUT2D eigenvalue weighted by Crippen LogP contribution is 2.37. The quantitative estimate of drug-likeness (QED) is 0.379. The number of aromatic nitrogens is 1. The van der Waals surface area contributed by atoms with E-state index in [1.165, 1.54) is 0 Å². The summed E-state index contributed by atoms with van der Waals surface area (Å²) in [5, 5.41) is 11.0. The van der Waals surface area contributed by atoms with Crippen molar-refractivity contribution < 1.29 is 9.90 Å². The van der Waals surface area contributed by atoms with Crippen LogP contribution in [0.4, 0.5) is 5.13 Å². The van der Waals surface area contributed by atoms with Crippen molar-refractivity contribution in [3.05, 3.63) is 69.0 Å². The Bertz CT molecular complexity index is 1010. The molecule has 30 heavy (non-hydrogen) atoms. The number of hydrogen-bond acceptors (Lipinski definition) is 4. The highest BCUT2D eigenvalue weighted by atomic mass is 35.5. The van der Waals surface area contributed by atoms with Crippen LogP contribution in [0.1, 0.15) is 30.7 Å². The van der Waals surface area contributed by atoms with E-state index >= 15 is 0 Å². The lowest BCUT2D eigenvalue weighted by atomic mass is 10.0. The lowest BCUT2D eigenvalue weighted by molar-refractivity contribution is -0.136. The zero-order valence-electron chi connectivity index (χ0n) is 16.9. The standard InChI is InChI=1S/C23H24Cl2N2O2S/c1-15(2)12-20-22(17-8-9-18(24)19(25)13-17)26-23(30-20)27(11-10-21(28)29)14-16-6-4-3-5-7-16/h3-9,13,15H,10-12,14H2,1-2H3,(H,28,29). The van der Waals surface area contributed by atoms with E-state index in [-0.39, 0.29) is 6.42 Å². The molecule has 2 aromatic carbocycles. The molecule has 0 fully saturated rings. The highest BCUT2D eigenvalue weighted by Gasteiger charge is 2.20. The largest absolute Gasteiger partial charge is 0.481 e. The van der Waals surface area contributed by atoms with Crippen LogP contribution in [0.3, 0.4) is 0 Å². The smallest absolute Gasteiger partial charge is 0.305 e. The number of rotatable bonds is 9. The van der Waals surface area contributed by atoms with Crippen molar-refractivity contribution in [3.63, 3.8) is 0 Å². The number of nitrogens with zero attached hydrogens (tertiary/aromatic N) is 2. The maximum absolute atomic E-state index is 11.2. The molecule has 0 aliphatic heterocycles. The van der Waals surface area contributed by atoms with Crippen LogP contribution < -0.4 is 4.90 Å². The van der Waals surface area contributed by atoms with Gasteiger partial charge in [-0.2, -0.15) is 0 Å². The molecule has 3 aromatic rings. The predicted molar refractivity (Wildman–Crippen MR) is 126 cm³/mol. The van der Waals surface area contributed by atoms with E-state index in [0.29, 0.717) is 29.1 Å². The molecule has 0 aliphatic rings. The molecule has 0 saturated carbocycles. The Balaban J connectivity index is 2.00. The monoisotopic (exact) mass is 462 g/mol. The molecule has 1 aromatic heterocycles. The Morgan fingerprint density at radius 1 is 1.13 bits per heavy atom. The number of anilines is 1. The summed E-state index contributed by atoms with van der Waals surface area (Å²) in [6, 6.07) is 15.6. The van der Waals surface area contributed by atoms with Crippen molar-refractivity contribution >= 4 is 45.6 Å². The maximum Gasteiger partial charge on any atom is 0.305 e. The average Bonchev–Trinajstić information content (AvgIpc) is 3.11. The van der Waals surface area contributed by atoms with Crippen LogP contribution in [0, 0.1) is 5.92 Å². The summed E-state index contributed by atoms with van der Waals surface area (Å²) >= 11 is 14.0. The van der Waals surface area contributed by atoms with Crippen LogP contribution in [0.2, 0.25) is 10.0 Å². The third-order valence-corrected chi connectivity index (χ3v) is 6.43. The van der Waals surface area contributed by atoms with Crippen LogP contribution in [0.15, 0.2) is 48.5 Å². The van der Waals surface area contributed by atoms with Gasteiger partial charge in [0.25, 0.3) is 0 Å². The lowest BCUT2D eigenvalue weighted by Crippen LogP contribution is -2.25. The first-order valence-electron chi connectivity index (χ1n) is 9.79. The van der Waals surface area contributed by atoms with Gasteiger partial charge in [0.05, 0.1) is 22.2 Å². The molecule has 0 radical (unpaired) electrons. The minimum atomic E-state index is -0.822. The van der Waals surface area contributed by atoms with Gasteiger partial charge in [-0.3, -0.25) is 4.79 Å². The van der Waals surface area contributed by atoms with Gasteiger partial charge in [0, 0.05) is 23.5 Å². The van der Waals surface area contributed by atoms with E-state index < -0.39 is 5.97 Å². The molecule has 1 heterocycles. The second-order valence-electron chi connectivity index (χ2n) is 7.55. The average molecular weight is 463 g/mol. The molecule has 7 heteroatoms. The minimum absolute atomic E-state index is 0.0496. The second-order valence-corrected chi connectivity index (χ2v) is 9.42. The molecule has 1 N–H and O–H groups in total. The number of carboxylic acids is 1. The van der Waals surface area contributed by atoms with Gasteiger partial charge in [0.15, 0.2) is 5.13 Å². The summed E-state index contributed by atoms with van der Waals surface area (Å²) in [6.45, 7) is 5.33. The predicted octanol–water partition coefficient (Wildman–Crippen LogP) is 6.80. The van der Waals surface area contributed by atoms with Crippen molar-refractivity contribution in [2.75, 3.05) is 11.4 Å². The van der Waals surface area contributed by atoms with Gasteiger partial charge in [0.2, 0.25) is 0 Å². The maximum atomic E-state index is 11.2. The molecular weight excluding hydrogens is 439 g/mol. The third kappa shape index (κ3) is 5.97. The van der Waals surface area contributed by atoms with Crippen LogP contribution >= 0.6 is 34.5 Å². The fourth-order valence-corrected chi connectivity index (χ4v) is 4.75. The Labute approximate surface area is 191 Å². The molecule has 3 rings (SSSR count). The molecule has 0 bridgehead atoms. The van der Waals surface area contributed by atoms with Crippen molar-refractivity contribution in [3.8, 4) is 11.3 Å². The van der Waals surface area contributed by atoms with Crippen molar-refractivity contribution in [1.82, 2.24) is 4.98 Å². The van der Waals surface area contributed by atoms with Gasteiger partial charge >= 0.3 is 5.97 Å². The van der Waals surface area contributed by atoms with Gasteiger partial charge in [-0.05, 0) is 30.0 Å². The summed E-state index contributed by atoms with van der Waals surface area (Å²) < 4.78 is 0. The van der Waals surface area contributed by atoms with Gasteiger partial charge in [-0.1, -0.05) is 73.4 Å². The zero-order valence-corrected chi connectivity index (χ0v) is 19.3. The van der Waals surface area contributed by atoms with Gasteiger partial charge in [-0.25, -0.2) is 4.98 Å². The SMILES string of the molecule is CC(C)Cc1sc(N(CCC(=O)O)Cc2ccccc2)nc1-c1ccc(Cl)c(Cl)c1. The van der Waals surface area contributed by atoms with E-state index in [2.05, 4.69) is 13.8 Å². The Morgan fingerprint density at radius 3 is 2.50 bits per heavy atom. The van der Waals surface area contributed by atoms with E-state index in [1.807, 2.05) is 47.4 Å². The molecule has 0 atom stereocenters. The number of benzene rings is 2. The van der Waals surface area contributed by atoms with Crippen molar-refractivity contribution in [2.24, 2.45) is 5.92 Å². The van der Waals surface area contributed by atoms with Gasteiger partial charge in [-0.15, -0.1) is 11.3 Å². The molecule has 0 spiro atoms. The number of aliphatic carboxylic acids is 1. The molecule has 4 nitrogen and oxygen atoms in total. The van der Waals surface area contributed by atoms with Crippen molar-refractivity contribution in [1.29, 1.82) is 0 Å². The normalized spacial score (nSPS) is 11.1. The molecule has 0 unspecified atom stereocenters. The van der Waals surface area contributed by atoms with E-state index in [1.54, 1.807) is 17.4 Å². The molecule has 0 aliphatic carbocycles. The summed E-state index contributed by atoms with van der Waals surface area (Å²) in [6.07, 6.45) is 0.930. The van der Waals surface area contributed by atoms with Crippen LogP contribution in [0.25, 0.3) is 11.3 Å². The van der Waals surface area contributed by atoms with Crippen LogP contribution in [-0.4, -0.2) is 22.6 Å². The van der Waals surface area contributed by atoms with Crippen molar-refractivity contribution in [2.45, 2.75) is 33.2 Å². The molecule has 0 saturated heterocycles. The molecular formula is C23H24Cl2N2O2S. The summed E-state index contributed by atoms with van der Waals surface area (Å²) in [5.41, 5.74) is 2.91. The fraction of sp³-hybridized carbons (Fsp3) is 0.304. The molecule has 0 amide bonds. The summed E-state index contributed by atoms with van der Waals surface area (Å²) in [7, 11) is 0. The van der Waals surface area contributed by atoms with E-state index in [4.69, 9.17) is 28.2 Å². The summed E-state index contributed by atoms with van der Waals surface area (Å²) in [5.74, 6) is -0.363. The fourth-order valence-electron chi connectivity index (χ4n) is 3.13. The zero-order chi connectivity index (χ0) is 21.7. The lowest BCUT2D eigenvalue weighted by Gasteiger charge is -2.21. The number of hydrogen-bond donors (Lipinski definition) is 1.